The molecular weight excluding hydrogens is 340 g/mol. The molecule has 0 saturated carbocycles. The zero-order valence-electron chi connectivity index (χ0n) is 11.9. The lowest BCUT2D eigenvalue weighted by atomic mass is 9.98. The van der Waals surface area contributed by atoms with Crippen molar-refractivity contribution >= 4 is 34.2 Å². The van der Waals surface area contributed by atoms with Crippen molar-refractivity contribution in [3.05, 3.63) is 33.8 Å². The number of halogens is 2. The zero-order chi connectivity index (χ0) is 14.0. The molecular formula is C15H22BrClN2O. The van der Waals surface area contributed by atoms with Crippen LogP contribution in [0.25, 0.3) is 0 Å². The van der Waals surface area contributed by atoms with Crippen molar-refractivity contribution in [1.29, 1.82) is 0 Å². The van der Waals surface area contributed by atoms with Crippen molar-refractivity contribution in [1.82, 2.24) is 4.90 Å². The third kappa shape index (κ3) is 3.96. The van der Waals surface area contributed by atoms with Crippen LogP contribution in [0.5, 0.6) is 0 Å². The van der Waals surface area contributed by atoms with E-state index in [1.807, 2.05) is 17.0 Å². The molecule has 3 nitrogen and oxygen atoms in total. The maximum Gasteiger partial charge on any atom is 0.239 e. The predicted octanol–water partition coefficient (Wildman–Crippen LogP) is 3.13. The number of hydrogen-bond donors (Lipinski definition) is 1. The summed E-state index contributed by atoms with van der Waals surface area (Å²) in [7, 11) is 0. The van der Waals surface area contributed by atoms with Gasteiger partial charge in [0, 0.05) is 17.6 Å². The molecule has 0 unspecified atom stereocenters. The molecule has 0 fully saturated rings. The molecule has 0 saturated heterocycles. The molecule has 1 heterocycles. The number of amides is 1. The lowest BCUT2D eigenvalue weighted by Crippen LogP contribution is -2.46. The van der Waals surface area contributed by atoms with Gasteiger partial charge in [-0.2, -0.15) is 0 Å². The normalized spacial score (nSPS) is 15.6. The lowest BCUT2D eigenvalue weighted by Gasteiger charge is -2.31. The molecule has 1 aromatic carbocycles. The third-order valence-corrected chi connectivity index (χ3v) is 4.31. The topological polar surface area (TPSA) is 46.3 Å². The van der Waals surface area contributed by atoms with Gasteiger partial charge in [-0.05, 0) is 36.0 Å². The van der Waals surface area contributed by atoms with E-state index < -0.39 is 0 Å². The first-order valence-corrected chi connectivity index (χ1v) is 7.59. The second-order valence-corrected chi connectivity index (χ2v) is 6.48. The molecule has 1 aliphatic heterocycles. The van der Waals surface area contributed by atoms with Gasteiger partial charge >= 0.3 is 0 Å². The fourth-order valence-electron chi connectivity index (χ4n) is 2.57. The Balaban J connectivity index is 0.00000200. The van der Waals surface area contributed by atoms with Crippen LogP contribution < -0.4 is 5.73 Å². The first kappa shape index (κ1) is 17.5. The van der Waals surface area contributed by atoms with Gasteiger partial charge in [0.2, 0.25) is 5.91 Å². The molecule has 20 heavy (non-hydrogen) atoms. The van der Waals surface area contributed by atoms with Gasteiger partial charge in [0.25, 0.3) is 0 Å². The van der Waals surface area contributed by atoms with E-state index in [0.717, 1.165) is 23.9 Å². The minimum atomic E-state index is -0.371. The van der Waals surface area contributed by atoms with E-state index in [-0.39, 0.29) is 24.4 Å². The van der Waals surface area contributed by atoms with E-state index in [1.165, 1.54) is 11.1 Å². The molecule has 0 aromatic heterocycles. The molecule has 0 spiro atoms. The van der Waals surface area contributed by atoms with Crippen LogP contribution >= 0.6 is 28.3 Å². The molecule has 2 N–H and O–H groups in total. The number of hydrogen-bond acceptors (Lipinski definition) is 2. The molecule has 0 bridgehead atoms. The first-order chi connectivity index (χ1) is 8.99. The van der Waals surface area contributed by atoms with Crippen molar-refractivity contribution in [2.75, 3.05) is 6.54 Å². The maximum atomic E-state index is 12.3. The molecule has 1 atom stereocenters. The van der Waals surface area contributed by atoms with Gasteiger partial charge < -0.3 is 10.6 Å². The molecule has 0 aliphatic carbocycles. The third-order valence-electron chi connectivity index (χ3n) is 3.57. The summed E-state index contributed by atoms with van der Waals surface area (Å²) in [4.78, 5) is 14.2. The second kappa shape index (κ2) is 7.43. The predicted molar refractivity (Wildman–Crippen MR) is 87.9 cm³/mol. The highest BCUT2D eigenvalue weighted by molar-refractivity contribution is 9.10. The Hall–Kier alpha value is -0.580. The summed E-state index contributed by atoms with van der Waals surface area (Å²) < 4.78 is 1.08. The second-order valence-electron chi connectivity index (χ2n) is 5.62. The molecule has 2 rings (SSSR count). The number of fused-ring (bicyclic) bond motifs is 1. The smallest absolute Gasteiger partial charge is 0.239 e. The quantitative estimate of drug-likeness (QED) is 0.899. The number of rotatable bonds is 3. The minimum absolute atomic E-state index is 0. The van der Waals surface area contributed by atoms with Crippen LogP contribution in [-0.2, 0) is 17.8 Å². The van der Waals surface area contributed by atoms with Crippen LogP contribution in [0.3, 0.4) is 0 Å². The largest absolute Gasteiger partial charge is 0.337 e. The minimum Gasteiger partial charge on any atom is -0.337 e. The highest BCUT2D eigenvalue weighted by Gasteiger charge is 2.26. The number of nitrogens with two attached hydrogens (primary N) is 1. The average Bonchev–Trinajstić information content (AvgIpc) is 2.37. The summed E-state index contributed by atoms with van der Waals surface area (Å²) >= 11 is 3.57. The molecule has 112 valence electrons. The summed E-state index contributed by atoms with van der Waals surface area (Å²) in [6.45, 7) is 5.62. The standard InChI is InChI=1S/C15H21BrN2O.ClH/c1-10(2)8-14(17)15(19)18-7-6-11-4-3-5-13(16)12(11)9-18;/h3-5,10,14H,6-9,17H2,1-2H3;1H/t14-;/m0./s1. The Morgan fingerprint density at radius 3 is 2.80 bits per heavy atom. The fraction of sp³-hybridized carbons (Fsp3) is 0.533. The van der Waals surface area contributed by atoms with Crippen molar-refractivity contribution in [3.63, 3.8) is 0 Å². The molecule has 5 heteroatoms. The summed E-state index contributed by atoms with van der Waals surface area (Å²) in [5, 5.41) is 0. The van der Waals surface area contributed by atoms with E-state index in [1.54, 1.807) is 0 Å². The Morgan fingerprint density at radius 2 is 2.15 bits per heavy atom. The van der Waals surface area contributed by atoms with Gasteiger partial charge in [-0.3, -0.25) is 4.79 Å². The number of carbonyl (C=O) groups is 1. The summed E-state index contributed by atoms with van der Waals surface area (Å²) in [6, 6.07) is 5.84. The Bertz CT molecular complexity index is 479. The van der Waals surface area contributed by atoms with Crippen LogP contribution in [0.1, 0.15) is 31.4 Å². The van der Waals surface area contributed by atoms with Crippen molar-refractivity contribution in [2.24, 2.45) is 11.7 Å². The van der Waals surface area contributed by atoms with E-state index in [0.29, 0.717) is 12.5 Å². The number of nitrogens with zero attached hydrogens (tertiary/aromatic N) is 1. The highest BCUT2D eigenvalue weighted by Crippen LogP contribution is 2.26. The zero-order valence-corrected chi connectivity index (χ0v) is 14.3. The van der Waals surface area contributed by atoms with Crippen LogP contribution in [-0.4, -0.2) is 23.4 Å². The van der Waals surface area contributed by atoms with Gasteiger partial charge in [0.1, 0.15) is 0 Å². The van der Waals surface area contributed by atoms with E-state index in [4.69, 9.17) is 5.73 Å². The molecule has 1 amide bonds. The molecule has 1 aliphatic rings. The van der Waals surface area contributed by atoms with Gasteiger partial charge in [-0.1, -0.05) is 41.9 Å². The molecule has 0 radical (unpaired) electrons. The summed E-state index contributed by atoms with van der Waals surface area (Å²) in [6.07, 6.45) is 1.66. The van der Waals surface area contributed by atoms with E-state index in [2.05, 4.69) is 35.8 Å². The first-order valence-electron chi connectivity index (χ1n) is 6.79. The van der Waals surface area contributed by atoms with Crippen LogP contribution in [0.15, 0.2) is 22.7 Å². The van der Waals surface area contributed by atoms with Crippen molar-refractivity contribution < 1.29 is 4.79 Å². The maximum absolute atomic E-state index is 12.3. The fourth-order valence-corrected chi connectivity index (χ4v) is 3.10. The van der Waals surface area contributed by atoms with Crippen molar-refractivity contribution in [3.8, 4) is 0 Å². The Labute approximate surface area is 135 Å². The van der Waals surface area contributed by atoms with Crippen LogP contribution in [0.4, 0.5) is 0 Å². The average molecular weight is 362 g/mol. The van der Waals surface area contributed by atoms with E-state index >= 15 is 0 Å². The number of benzene rings is 1. The van der Waals surface area contributed by atoms with Crippen LogP contribution in [0.2, 0.25) is 0 Å². The SMILES string of the molecule is CC(C)C[C@H](N)C(=O)N1CCc2cccc(Br)c2C1.Cl. The summed E-state index contributed by atoms with van der Waals surface area (Å²) in [5.74, 6) is 0.526. The van der Waals surface area contributed by atoms with Crippen molar-refractivity contribution in [2.45, 2.75) is 39.3 Å². The summed E-state index contributed by atoms with van der Waals surface area (Å²) in [5.41, 5.74) is 8.55. The Kier molecular flexibility index (Phi) is 6.49. The highest BCUT2D eigenvalue weighted by atomic mass is 79.9. The van der Waals surface area contributed by atoms with E-state index in [9.17, 15) is 4.79 Å². The van der Waals surface area contributed by atoms with Gasteiger partial charge in [-0.15, -0.1) is 12.4 Å². The number of carbonyl (C=O) groups excluding carboxylic acids is 1. The Morgan fingerprint density at radius 1 is 1.45 bits per heavy atom. The van der Waals surface area contributed by atoms with Gasteiger partial charge in [0.05, 0.1) is 6.04 Å². The van der Waals surface area contributed by atoms with Gasteiger partial charge in [0.15, 0.2) is 0 Å². The van der Waals surface area contributed by atoms with Crippen LogP contribution in [0, 0.1) is 5.92 Å². The monoisotopic (exact) mass is 360 g/mol. The van der Waals surface area contributed by atoms with Gasteiger partial charge in [-0.25, -0.2) is 0 Å². The molecule has 1 aromatic rings. The lowest BCUT2D eigenvalue weighted by molar-refractivity contribution is -0.133.